The van der Waals surface area contributed by atoms with Crippen molar-refractivity contribution >= 4 is 27.9 Å². The first-order chi connectivity index (χ1) is 3.73. The molecule has 0 aliphatic rings. The Balaban J connectivity index is 0. The van der Waals surface area contributed by atoms with Crippen molar-refractivity contribution in [1.29, 1.82) is 0 Å². The second-order valence-corrected chi connectivity index (χ2v) is 3.53. The van der Waals surface area contributed by atoms with E-state index < -0.39 is 27.9 Å². The van der Waals surface area contributed by atoms with E-state index in [0.29, 0.717) is 0 Å². The van der Waals surface area contributed by atoms with Gasteiger partial charge in [-0.3, -0.25) is 0 Å². The van der Waals surface area contributed by atoms with Crippen LogP contribution in [0.25, 0.3) is 0 Å². The predicted molar refractivity (Wildman–Crippen MR) is 22.4 cm³/mol. The van der Waals surface area contributed by atoms with Crippen molar-refractivity contribution < 1.29 is 28.3 Å². The van der Waals surface area contributed by atoms with Crippen molar-refractivity contribution in [1.82, 2.24) is 0 Å². The van der Waals surface area contributed by atoms with Crippen LogP contribution in [0.3, 0.4) is 0 Å². The van der Waals surface area contributed by atoms with Crippen LogP contribution >= 0.6 is 0 Å². The summed E-state index contributed by atoms with van der Waals surface area (Å²) >= 11 is -8.54. The van der Waals surface area contributed by atoms with Crippen molar-refractivity contribution in [3.05, 3.63) is 0 Å². The summed E-state index contributed by atoms with van der Waals surface area (Å²) in [5, 5.41) is 0. The molecule has 0 spiro atoms. The molecule has 0 unspecified atom stereocenters. The third-order valence-electron chi connectivity index (χ3n) is 0. The number of hydrogen-bond acceptors (Lipinski definition) is 3. The van der Waals surface area contributed by atoms with Gasteiger partial charge in [-0.2, -0.15) is 0 Å². The maximum absolute atomic E-state index is 8.82. The van der Waals surface area contributed by atoms with Gasteiger partial charge in [-0.15, -0.1) is 0 Å². The van der Waals surface area contributed by atoms with Crippen LogP contribution in [-0.4, -0.2) is 44.6 Å². The van der Waals surface area contributed by atoms with Gasteiger partial charge < -0.3 is 0 Å². The normalized spacial score (nSPS) is 10.3. The summed E-state index contributed by atoms with van der Waals surface area (Å²) < 4.78 is 55.0. The second-order valence-electron chi connectivity index (χ2n) is 0.679. The molecule has 0 saturated carbocycles. The molecule has 9 heteroatoms. The quantitative estimate of drug-likeness (QED) is 0.339. The molecule has 0 aromatic rings. The van der Waals surface area contributed by atoms with Crippen molar-refractivity contribution in [3.63, 3.8) is 0 Å². The average Bonchev–Trinajstić information content (AvgIpc) is 1.19. The molecule has 4 N–H and O–H groups in total. The van der Waals surface area contributed by atoms with E-state index in [9.17, 15) is 0 Å². The maximum atomic E-state index is 8.82. The molecule has 0 bridgehead atoms. The fourth-order valence-corrected chi connectivity index (χ4v) is 0. The van der Waals surface area contributed by atoms with Gasteiger partial charge in [0.15, 0.2) is 0 Å². The molecule has 7 nitrogen and oxygen atoms in total. The van der Waals surface area contributed by atoms with Gasteiger partial charge in [0.25, 0.3) is 0 Å². The van der Waals surface area contributed by atoms with E-state index in [1.807, 2.05) is 0 Å². The third kappa shape index (κ3) is 4190. The molecular formula is H4O7Se2. The van der Waals surface area contributed by atoms with Crippen LogP contribution in [0.15, 0.2) is 0 Å². The first-order valence-electron chi connectivity index (χ1n) is 1.23. The Hall–Kier alpha value is 0.279. The fraction of sp³-hybridized carbons (Fsp3) is 0. The minimum absolute atomic E-state index is 3.29. The number of rotatable bonds is 0. The van der Waals surface area contributed by atoms with Crippen molar-refractivity contribution in [2.24, 2.45) is 0 Å². The van der Waals surface area contributed by atoms with Gasteiger partial charge in [-0.25, -0.2) is 0 Å². The Labute approximate surface area is 56.6 Å². The SMILES string of the molecule is O=[Se](=O)(O)O.O=[Se](O)O. The van der Waals surface area contributed by atoms with Crippen LogP contribution in [0.4, 0.5) is 0 Å². The van der Waals surface area contributed by atoms with E-state index in [-0.39, 0.29) is 0 Å². The summed E-state index contributed by atoms with van der Waals surface area (Å²) in [6, 6.07) is 0. The average molecular weight is 274 g/mol. The Bertz CT molecular complexity index is 149. The Morgan fingerprint density at radius 2 is 1.11 bits per heavy atom. The molecule has 9 heavy (non-hydrogen) atoms. The van der Waals surface area contributed by atoms with Crippen molar-refractivity contribution in [2.45, 2.75) is 0 Å². The van der Waals surface area contributed by atoms with E-state index in [1.54, 1.807) is 0 Å². The van der Waals surface area contributed by atoms with E-state index in [2.05, 4.69) is 0 Å². The summed E-state index contributed by atoms with van der Waals surface area (Å²) in [4.78, 5) is 0. The molecule has 0 fully saturated rings. The molecule has 0 aliphatic carbocycles. The molecule has 0 saturated heterocycles. The molecule has 0 aromatic heterocycles. The number of hydrogen-bond donors (Lipinski definition) is 4. The van der Waals surface area contributed by atoms with E-state index in [0.717, 1.165) is 0 Å². The van der Waals surface area contributed by atoms with E-state index in [1.165, 1.54) is 0 Å². The summed E-state index contributed by atoms with van der Waals surface area (Å²) in [6.45, 7) is 0. The zero-order chi connectivity index (χ0) is 8.08. The zero-order valence-corrected chi connectivity index (χ0v) is 7.26. The monoisotopic (exact) mass is 276 g/mol. The van der Waals surface area contributed by atoms with Gasteiger partial charge in [0.2, 0.25) is 0 Å². The van der Waals surface area contributed by atoms with Crippen LogP contribution in [0.1, 0.15) is 0 Å². The van der Waals surface area contributed by atoms with E-state index in [4.69, 9.17) is 28.3 Å². The summed E-state index contributed by atoms with van der Waals surface area (Å²) in [5.41, 5.74) is 0. The molecule has 0 atom stereocenters. The van der Waals surface area contributed by atoms with Crippen LogP contribution in [0.5, 0.6) is 0 Å². The molecule has 0 aromatic carbocycles. The van der Waals surface area contributed by atoms with Crippen LogP contribution in [0.2, 0.25) is 0 Å². The zero-order valence-electron chi connectivity index (χ0n) is 3.83. The molecular weight excluding hydrogens is 270 g/mol. The van der Waals surface area contributed by atoms with Gasteiger partial charge in [0, 0.05) is 0 Å². The van der Waals surface area contributed by atoms with E-state index >= 15 is 0 Å². The first-order valence-corrected chi connectivity index (χ1v) is 6.39. The van der Waals surface area contributed by atoms with Gasteiger partial charge in [-0.1, -0.05) is 0 Å². The van der Waals surface area contributed by atoms with Crippen LogP contribution in [0, 0.1) is 0 Å². The standard InChI is InChI=1S/H2O4Se.H2O3Se/c1-5(2,3)4;1-4(2)3/h(H2,1,2,3,4);(H2,1,2,3). The molecule has 0 heterocycles. The second kappa shape index (κ2) is 5.09. The van der Waals surface area contributed by atoms with Gasteiger partial charge in [-0.05, 0) is 0 Å². The Morgan fingerprint density at radius 3 is 1.11 bits per heavy atom. The molecule has 0 amide bonds. The molecule has 0 radical (unpaired) electrons. The molecule has 58 valence electrons. The molecule has 0 rings (SSSR count). The first kappa shape index (κ1) is 12.0. The summed E-state index contributed by atoms with van der Waals surface area (Å²) in [7, 11) is 0. The van der Waals surface area contributed by atoms with Crippen LogP contribution in [-0.2, 0) is 11.5 Å². The van der Waals surface area contributed by atoms with Crippen molar-refractivity contribution in [2.75, 3.05) is 0 Å². The van der Waals surface area contributed by atoms with Gasteiger partial charge >= 0.3 is 56.1 Å². The fourth-order valence-electron chi connectivity index (χ4n) is 0. The molecule has 0 aliphatic heterocycles. The topological polar surface area (TPSA) is 132 Å². The predicted octanol–water partition coefficient (Wildman–Crippen LogP) is -3.35. The van der Waals surface area contributed by atoms with Crippen LogP contribution < -0.4 is 0 Å². The summed E-state index contributed by atoms with van der Waals surface area (Å²) in [5.74, 6) is 0. The summed E-state index contributed by atoms with van der Waals surface area (Å²) in [6.07, 6.45) is 0. The minimum atomic E-state index is -5.25. The van der Waals surface area contributed by atoms with Crippen molar-refractivity contribution in [3.8, 4) is 0 Å². The Kier molecular flexibility index (Phi) is 6.79. The Morgan fingerprint density at radius 1 is 1.11 bits per heavy atom. The third-order valence-corrected chi connectivity index (χ3v) is 0. The van der Waals surface area contributed by atoms with Gasteiger partial charge in [0.1, 0.15) is 0 Å². The van der Waals surface area contributed by atoms with Gasteiger partial charge in [0.05, 0.1) is 0 Å².